The molecule has 0 radical (unpaired) electrons. The summed E-state index contributed by atoms with van der Waals surface area (Å²) in [5, 5.41) is 13.1. The Balaban J connectivity index is 1.64. The number of nitrogens with one attached hydrogen (secondary N) is 2. The average molecular weight is 378 g/mol. The topological polar surface area (TPSA) is 115 Å². The van der Waals surface area contributed by atoms with Crippen molar-refractivity contribution in [2.24, 2.45) is 0 Å². The smallest absolute Gasteiger partial charge is 0.280 e. The number of nitrogens with zero attached hydrogens (tertiary/aromatic N) is 3. The van der Waals surface area contributed by atoms with Gasteiger partial charge in [0.05, 0.1) is 0 Å². The molecule has 0 unspecified atom stereocenters. The van der Waals surface area contributed by atoms with Crippen LogP contribution < -0.4 is 16.4 Å². The lowest BCUT2D eigenvalue weighted by molar-refractivity contribution is -0.116. The first-order valence-corrected chi connectivity index (χ1v) is 8.92. The van der Waals surface area contributed by atoms with E-state index in [1.165, 1.54) is 10.2 Å². The first kappa shape index (κ1) is 19.1. The van der Waals surface area contributed by atoms with E-state index >= 15 is 0 Å². The van der Waals surface area contributed by atoms with Crippen molar-refractivity contribution in [3.63, 3.8) is 0 Å². The molecule has 4 N–H and O–H groups in total. The third-order valence-electron chi connectivity index (χ3n) is 4.20. The molecule has 28 heavy (non-hydrogen) atoms. The van der Waals surface area contributed by atoms with Crippen molar-refractivity contribution >= 4 is 29.0 Å². The Kier molecular flexibility index (Phi) is 5.69. The molecule has 8 heteroatoms. The van der Waals surface area contributed by atoms with Gasteiger partial charge in [-0.05, 0) is 48.7 Å². The van der Waals surface area contributed by atoms with Gasteiger partial charge >= 0.3 is 0 Å². The SMILES string of the molecule is CCc1ccc(NC(=O)Cn2nnc(C(=O)Nc3cccc(C)c3)c2N)cc1. The fourth-order valence-electron chi connectivity index (χ4n) is 2.67. The van der Waals surface area contributed by atoms with Gasteiger partial charge in [-0.1, -0.05) is 36.4 Å². The zero-order valence-corrected chi connectivity index (χ0v) is 15.8. The molecule has 2 aromatic carbocycles. The lowest BCUT2D eigenvalue weighted by Gasteiger charge is -2.07. The van der Waals surface area contributed by atoms with Crippen LogP contribution in [-0.4, -0.2) is 26.8 Å². The Morgan fingerprint density at radius 2 is 1.82 bits per heavy atom. The van der Waals surface area contributed by atoms with Crippen LogP contribution in [-0.2, 0) is 17.8 Å². The van der Waals surface area contributed by atoms with Crippen molar-refractivity contribution in [1.29, 1.82) is 0 Å². The van der Waals surface area contributed by atoms with Crippen molar-refractivity contribution < 1.29 is 9.59 Å². The molecule has 3 rings (SSSR count). The quantitative estimate of drug-likeness (QED) is 0.610. The minimum atomic E-state index is -0.482. The number of hydrogen-bond acceptors (Lipinski definition) is 5. The summed E-state index contributed by atoms with van der Waals surface area (Å²) >= 11 is 0. The average Bonchev–Trinajstić information content (AvgIpc) is 3.03. The van der Waals surface area contributed by atoms with Crippen molar-refractivity contribution in [3.8, 4) is 0 Å². The summed E-state index contributed by atoms with van der Waals surface area (Å²) in [5.74, 6) is -0.766. The Hall–Kier alpha value is -3.68. The standard InChI is InChI=1S/C20H22N6O2/c1-3-14-7-9-15(10-8-14)22-17(27)12-26-19(21)18(24-25-26)20(28)23-16-6-4-5-13(2)11-16/h4-11H,3,12,21H2,1-2H3,(H,22,27)(H,23,28). The van der Waals surface area contributed by atoms with Crippen LogP contribution >= 0.6 is 0 Å². The number of carbonyl (C=O) groups is 2. The second-order valence-electron chi connectivity index (χ2n) is 6.40. The van der Waals surface area contributed by atoms with E-state index in [0.29, 0.717) is 11.4 Å². The summed E-state index contributed by atoms with van der Waals surface area (Å²) in [4.78, 5) is 24.6. The number of benzene rings is 2. The van der Waals surface area contributed by atoms with Gasteiger partial charge in [0, 0.05) is 11.4 Å². The molecular weight excluding hydrogens is 356 g/mol. The van der Waals surface area contributed by atoms with Crippen LogP contribution in [0.1, 0.15) is 28.5 Å². The van der Waals surface area contributed by atoms with Crippen LogP contribution in [0.25, 0.3) is 0 Å². The van der Waals surface area contributed by atoms with Gasteiger partial charge in [0.1, 0.15) is 6.54 Å². The third kappa shape index (κ3) is 4.53. The predicted molar refractivity (Wildman–Crippen MR) is 108 cm³/mol. The summed E-state index contributed by atoms with van der Waals surface area (Å²) in [6.07, 6.45) is 0.928. The second kappa shape index (κ2) is 8.34. The largest absolute Gasteiger partial charge is 0.382 e. The molecule has 0 aliphatic heterocycles. The summed E-state index contributed by atoms with van der Waals surface area (Å²) in [5.41, 5.74) is 9.44. The Morgan fingerprint density at radius 1 is 1.07 bits per heavy atom. The maximum atomic E-state index is 12.4. The predicted octanol–water partition coefficient (Wildman–Crippen LogP) is 2.62. The van der Waals surface area contributed by atoms with Gasteiger partial charge in [0.2, 0.25) is 5.91 Å². The highest BCUT2D eigenvalue weighted by molar-refractivity contribution is 6.05. The van der Waals surface area contributed by atoms with Crippen LogP contribution in [0.15, 0.2) is 48.5 Å². The lowest BCUT2D eigenvalue weighted by Crippen LogP contribution is -2.21. The number of nitrogens with two attached hydrogens (primary N) is 1. The molecule has 2 amide bonds. The molecule has 0 spiro atoms. The summed E-state index contributed by atoms with van der Waals surface area (Å²) in [6, 6.07) is 14.9. The van der Waals surface area contributed by atoms with Crippen LogP contribution in [0.5, 0.6) is 0 Å². The molecule has 0 saturated carbocycles. The zero-order chi connectivity index (χ0) is 20.1. The fourth-order valence-corrected chi connectivity index (χ4v) is 2.67. The van der Waals surface area contributed by atoms with Crippen LogP contribution in [0.4, 0.5) is 17.2 Å². The minimum absolute atomic E-state index is 0.0263. The lowest BCUT2D eigenvalue weighted by atomic mass is 10.1. The fraction of sp³-hybridized carbons (Fsp3) is 0.200. The Labute approximate surface area is 162 Å². The molecule has 0 atom stereocenters. The molecule has 0 aliphatic rings. The summed E-state index contributed by atoms with van der Waals surface area (Å²) in [6.45, 7) is 3.84. The van der Waals surface area contributed by atoms with Gasteiger partial charge in [-0.2, -0.15) is 0 Å². The van der Waals surface area contributed by atoms with Gasteiger partial charge in [-0.3, -0.25) is 9.59 Å². The zero-order valence-electron chi connectivity index (χ0n) is 15.8. The van der Waals surface area contributed by atoms with E-state index < -0.39 is 5.91 Å². The van der Waals surface area contributed by atoms with E-state index in [1.807, 2.05) is 49.4 Å². The van der Waals surface area contributed by atoms with E-state index in [2.05, 4.69) is 27.9 Å². The maximum absolute atomic E-state index is 12.4. The molecule has 0 saturated heterocycles. The molecule has 0 fully saturated rings. The van der Waals surface area contributed by atoms with E-state index in [-0.39, 0.29) is 24.0 Å². The van der Waals surface area contributed by atoms with Gasteiger partial charge < -0.3 is 16.4 Å². The molecule has 1 aromatic heterocycles. The number of aryl methyl sites for hydroxylation is 2. The highest BCUT2D eigenvalue weighted by Gasteiger charge is 2.19. The van der Waals surface area contributed by atoms with Gasteiger partial charge in [-0.25, -0.2) is 4.68 Å². The second-order valence-corrected chi connectivity index (χ2v) is 6.40. The first-order valence-electron chi connectivity index (χ1n) is 8.92. The van der Waals surface area contributed by atoms with Gasteiger partial charge in [0.15, 0.2) is 11.5 Å². The number of amides is 2. The van der Waals surface area contributed by atoms with Gasteiger partial charge in [0.25, 0.3) is 5.91 Å². The van der Waals surface area contributed by atoms with Crippen LogP contribution in [0.3, 0.4) is 0 Å². The number of hydrogen-bond donors (Lipinski definition) is 3. The molecule has 144 valence electrons. The maximum Gasteiger partial charge on any atom is 0.280 e. The van der Waals surface area contributed by atoms with Crippen molar-refractivity contribution in [3.05, 3.63) is 65.4 Å². The number of aromatic nitrogens is 3. The van der Waals surface area contributed by atoms with E-state index in [0.717, 1.165) is 12.0 Å². The molecule has 3 aromatic rings. The number of anilines is 3. The van der Waals surface area contributed by atoms with E-state index in [9.17, 15) is 9.59 Å². The molecular formula is C20H22N6O2. The molecule has 8 nitrogen and oxygen atoms in total. The monoisotopic (exact) mass is 378 g/mol. The Morgan fingerprint density at radius 3 is 2.50 bits per heavy atom. The third-order valence-corrected chi connectivity index (χ3v) is 4.20. The highest BCUT2D eigenvalue weighted by atomic mass is 16.2. The minimum Gasteiger partial charge on any atom is -0.382 e. The van der Waals surface area contributed by atoms with E-state index in [4.69, 9.17) is 5.73 Å². The normalized spacial score (nSPS) is 10.5. The molecule has 0 aliphatic carbocycles. The number of rotatable bonds is 6. The summed E-state index contributed by atoms with van der Waals surface area (Å²) in [7, 11) is 0. The van der Waals surface area contributed by atoms with Crippen molar-refractivity contribution in [2.75, 3.05) is 16.4 Å². The molecule has 1 heterocycles. The van der Waals surface area contributed by atoms with Gasteiger partial charge in [-0.15, -0.1) is 5.10 Å². The van der Waals surface area contributed by atoms with Crippen LogP contribution in [0, 0.1) is 6.92 Å². The number of nitrogen functional groups attached to an aromatic ring is 1. The van der Waals surface area contributed by atoms with Crippen molar-refractivity contribution in [1.82, 2.24) is 15.0 Å². The summed E-state index contributed by atoms with van der Waals surface area (Å²) < 4.78 is 1.20. The van der Waals surface area contributed by atoms with E-state index in [1.54, 1.807) is 6.07 Å². The molecule has 0 bridgehead atoms. The van der Waals surface area contributed by atoms with Crippen molar-refractivity contribution in [2.45, 2.75) is 26.8 Å². The Bertz CT molecular complexity index is 994. The van der Waals surface area contributed by atoms with Crippen LogP contribution in [0.2, 0.25) is 0 Å². The highest BCUT2D eigenvalue weighted by Crippen LogP contribution is 2.14. The first-order chi connectivity index (χ1) is 13.5. The number of carbonyl (C=O) groups excluding carboxylic acids is 2.